The third-order valence-electron chi connectivity index (χ3n) is 4.32. The largest absolute Gasteiger partial charge is 0.426 e. The van der Waals surface area contributed by atoms with Gasteiger partial charge in [-0.1, -0.05) is 42.5 Å². The van der Waals surface area contributed by atoms with Crippen molar-refractivity contribution < 1.29 is 23.8 Å². The predicted molar refractivity (Wildman–Crippen MR) is 115 cm³/mol. The molecule has 0 aliphatic carbocycles. The smallest absolute Gasteiger partial charge is 0.318 e. The Morgan fingerprint density at radius 2 is 1.88 bits per heavy atom. The molecule has 0 spiro atoms. The Labute approximate surface area is 183 Å². The molecule has 8 nitrogen and oxygen atoms in total. The maximum absolute atomic E-state index is 12.9. The fourth-order valence-electron chi connectivity index (χ4n) is 2.81. The van der Waals surface area contributed by atoms with Crippen molar-refractivity contribution in [1.29, 1.82) is 0 Å². The Hall–Kier alpha value is -3.98. The van der Waals surface area contributed by atoms with Gasteiger partial charge in [-0.25, -0.2) is 9.07 Å². The number of carbonyl (C=O) groups excluding carboxylic acids is 2. The first-order valence-electron chi connectivity index (χ1n) is 9.74. The van der Waals surface area contributed by atoms with Gasteiger partial charge in [0.1, 0.15) is 23.8 Å². The molecule has 32 heavy (non-hydrogen) atoms. The number of aliphatic hydroxyl groups is 1. The lowest BCUT2D eigenvalue weighted by atomic mass is 10.1. The number of aryl methyl sites for hydroxylation is 1. The van der Waals surface area contributed by atoms with Gasteiger partial charge in [0.25, 0.3) is 0 Å². The van der Waals surface area contributed by atoms with Crippen LogP contribution in [-0.4, -0.2) is 43.2 Å². The second-order valence-corrected chi connectivity index (χ2v) is 6.91. The number of ether oxygens (including phenoxy) is 1. The van der Waals surface area contributed by atoms with Gasteiger partial charge in [0.15, 0.2) is 5.82 Å². The number of allylic oxidation sites excluding steroid dienone is 2. The van der Waals surface area contributed by atoms with E-state index in [1.165, 1.54) is 22.9 Å². The number of aromatic nitrogens is 4. The molecule has 0 bridgehead atoms. The van der Waals surface area contributed by atoms with E-state index in [9.17, 15) is 19.1 Å². The van der Waals surface area contributed by atoms with E-state index in [-0.39, 0.29) is 12.2 Å². The van der Waals surface area contributed by atoms with E-state index >= 15 is 0 Å². The number of ketones is 1. The van der Waals surface area contributed by atoms with Crippen molar-refractivity contribution in [3.63, 3.8) is 0 Å². The van der Waals surface area contributed by atoms with E-state index in [4.69, 9.17) is 4.74 Å². The molecule has 0 fully saturated rings. The molecule has 0 saturated heterocycles. The van der Waals surface area contributed by atoms with E-state index in [1.54, 1.807) is 13.1 Å². The first-order chi connectivity index (χ1) is 15.4. The van der Waals surface area contributed by atoms with Crippen molar-refractivity contribution in [2.75, 3.05) is 0 Å². The summed E-state index contributed by atoms with van der Waals surface area (Å²) in [7, 11) is 1.69. The number of benzene rings is 2. The number of hydrogen-bond donors (Lipinski definition) is 1. The maximum atomic E-state index is 12.9. The molecular formula is C23H21FN4O4. The Bertz CT molecular complexity index is 1120. The summed E-state index contributed by atoms with van der Waals surface area (Å²) in [5.41, 5.74) is 1.54. The van der Waals surface area contributed by atoms with Crippen LogP contribution in [0.1, 0.15) is 24.2 Å². The second kappa shape index (κ2) is 10.9. The standard InChI is InChI=1S/C23H21FN4O4/c1-28-23(25-26-27-28)17(13-16-5-3-2-4-6-16)7-10-19(29)14-20(30)15-22(31)32-21-11-8-18(24)9-12-21/h2-13,19,29H,14-15H2,1H3. The lowest BCUT2D eigenvalue weighted by Gasteiger charge is -2.07. The zero-order valence-corrected chi connectivity index (χ0v) is 17.3. The number of halogens is 1. The highest BCUT2D eigenvalue weighted by Gasteiger charge is 2.15. The summed E-state index contributed by atoms with van der Waals surface area (Å²) in [5, 5.41) is 21.7. The molecule has 0 amide bonds. The van der Waals surface area contributed by atoms with Crippen LogP contribution in [0.3, 0.4) is 0 Å². The topological polar surface area (TPSA) is 107 Å². The lowest BCUT2D eigenvalue weighted by molar-refractivity contribution is -0.138. The Morgan fingerprint density at radius 1 is 1.16 bits per heavy atom. The van der Waals surface area contributed by atoms with Crippen LogP contribution in [0.5, 0.6) is 5.75 Å². The van der Waals surface area contributed by atoms with Gasteiger partial charge in [-0.3, -0.25) is 9.59 Å². The zero-order chi connectivity index (χ0) is 22.9. The summed E-state index contributed by atoms with van der Waals surface area (Å²) < 4.78 is 19.4. The molecule has 3 rings (SSSR count). The molecule has 0 saturated carbocycles. The predicted octanol–water partition coefficient (Wildman–Crippen LogP) is 2.76. The first kappa shape index (κ1) is 22.7. The average Bonchev–Trinajstić information content (AvgIpc) is 3.19. The number of nitrogens with zero attached hydrogens (tertiary/aromatic N) is 4. The third-order valence-corrected chi connectivity index (χ3v) is 4.32. The van der Waals surface area contributed by atoms with Crippen molar-refractivity contribution in [3.05, 3.63) is 84.0 Å². The minimum atomic E-state index is -1.12. The molecule has 1 heterocycles. The summed E-state index contributed by atoms with van der Waals surface area (Å²) in [4.78, 5) is 24.0. The molecular weight excluding hydrogens is 415 g/mol. The van der Waals surface area contributed by atoms with Crippen molar-refractivity contribution in [2.24, 2.45) is 7.05 Å². The number of tetrazole rings is 1. The fourth-order valence-corrected chi connectivity index (χ4v) is 2.81. The van der Waals surface area contributed by atoms with Crippen LogP contribution in [0.15, 0.2) is 66.7 Å². The van der Waals surface area contributed by atoms with E-state index in [2.05, 4.69) is 15.5 Å². The summed E-state index contributed by atoms with van der Waals surface area (Å²) in [6.07, 6.45) is 2.99. The number of esters is 1. The zero-order valence-electron chi connectivity index (χ0n) is 17.3. The number of carbonyl (C=O) groups is 2. The van der Waals surface area contributed by atoms with Gasteiger partial charge in [0, 0.05) is 19.0 Å². The number of Topliss-reactive ketones (excluding diaryl/α,β-unsaturated/α-hetero) is 1. The highest BCUT2D eigenvalue weighted by atomic mass is 19.1. The molecule has 3 aromatic rings. The van der Waals surface area contributed by atoms with Crippen molar-refractivity contribution in [1.82, 2.24) is 20.2 Å². The first-order valence-corrected chi connectivity index (χ1v) is 9.74. The summed E-state index contributed by atoms with van der Waals surface area (Å²) >= 11 is 0. The van der Waals surface area contributed by atoms with Crippen molar-refractivity contribution >= 4 is 23.4 Å². The van der Waals surface area contributed by atoms with Crippen LogP contribution in [0.25, 0.3) is 11.6 Å². The van der Waals surface area contributed by atoms with Gasteiger partial charge in [-0.2, -0.15) is 0 Å². The van der Waals surface area contributed by atoms with Gasteiger partial charge < -0.3 is 9.84 Å². The number of hydrogen-bond acceptors (Lipinski definition) is 7. The molecule has 1 atom stereocenters. The lowest BCUT2D eigenvalue weighted by Crippen LogP contribution is -2.18. The molecule has 0 aliphatic heterocycles. The van der Waals surface area contributed by atoms with E-state index in [0.29, 0.717) is 11.4 Å². The normalized spacial score (nSPS) is 12.7. The molecule has 0 radical (unpaired) electrons. The Morgan fingerprint density at radius 3 is 2.53 bits per heavy atom. The SMILES string of the molecule is Cn1nnnc1C(C=CC(O)CC(=O)CC(=O)Oc1ccc(F)cc1)=Cc1ccccc1. The fraction of sp³-hybridized carbons (Fsp3) is 0.174. The maximum Gasteiger partial charge on any atom is 0.318 e. The van der Waals surface area contributed by atoms with Gasteiger partial charge in [0.05, 0.1) is 6.10 Å². The van der Waals surface area contributed by atoms with Crippen molar-refractivity contribution in [3.8, 4) is 5.75 Å². The molecule has 164 valence electrons. The minimum Gasteiger partial charge on any atom is -0.426 e. The van der Waals surface area contributed by atoms with E-state index in [1.807, 2.05) is 36.4 Å². The minimum absolute atomic E-state index is 0.137. The van der Waals surface area contributed by atoms with Crippen LogP contribution < -0.4 is 4.74 Å². The molecule has 1 unspecified atom stereocenters. The summed E-state index contributed by atoms with van der Waals surface area (Å²) in [5.74, 6) is -1.13. The highest BCUT2D eigenvalue weighted by Crippen LogP contribution is 2.18. The van der Waals surface area contributed by atoms with Gasteiger partial charge in [-0.15, -0.1) is 5.10 Å². The van der Waals surface area contributed by atoms with E-state index < -0.39 is 30.1 Å². The van der Waals surface area contributed by atoms with E-state index in [0.717, 1.165) is 17.7 Å². The molecule has 0 aliphatic rings. The molecule has 2 aromatic carbocycles. The average molecular weight is 436 g/mol. The highest BCUT2D eigenvalue weighted by molar-refractivity contribution is 5.96. The van der Waals surface area contributed by atoms with Gasteiger partial charge in [0.2, 0.25) is 0 Å². The number of aliphatic hydroxyl groups excluding tert-OH is 1. The van der Waals surface area contributed by atoms with Crippen LogP contribution in [0, 0.1) is 5.82 Å². The summed E-state index contributed by atoms with van der Waals surface area (Å²) in [6, 6.07) is 14.4. The number of rotatable bonds is 9. The summed E-state index contributed by atoms with van der Waals surface area (Å²) in [6.45, 7) is 0. The second-order valence-electron chi connectivity index (χ2n) is 6.91. The van der Waals surface area contributed by atoms with Crippen LogP contribution in [0.2, 0.25) is 0 Å². The quantitative estimate of drug-likeness (QED) is 0.238. The van der Waals surface area contributed by atoms with Crippen LogP contribution in [0.4, 0.5) is 4.39 Å². The van der Waals surface area contributed by atoms with Crippen LogP contribution >= 0.6 is 0 Å². The Balaban J connectivity index is 1.61. The van der Waals surface area contributed by atoms with Crippen LogP contribution in [-0.2, 0) is 16.6 Å². The monoisotopic (exact) mass is 436 g/mol. The molecule has 1 N–H and O–H groups in total. The Kier molecular flexibility index (Phi) is 7.71. The molecule has 9 heteroatoms. The third kappa shape index (κ3) is 6.78. The van der Waals surface area contributed by atoms with Crippen molar-refractivity contribution in [2.45, 2.75) is 18.9 Å². The van der Waals surface area contributed by atoms with Gasteiger partial charge in [-0.05, 0) is 46.3 Å². The molecule has 1 aromatic heterocycles. The van der Waals surface area contributed by atoms with Gasteiger partial charge >= 0.3 is 5.97 Å².